The van der Waals surface area contributed by atoms with E-state index in [2.05, 4.69) is 4.74 Å². The summed E-state index contributed by atoms with van der Waals surface area (Å²) in [7, 11) is 0. The van der Waals surface area contributed by atoms with Gasteiger partial charge in [-0.15, -0.1) is 0 Å². The Balaban J connectivity index is 3.94. The van der Waals surface area contributed by atoms with E-state index in [1.54, 1.807) is 0 Å². The largest absolute Gasteiger partial charge is 0.491 e. The molecule has 7 heteroatoms. The fourth-order valence-electron chi connectivity index (χ4n) is 0.322. The summed E-state index contributed by atoms with van der Waals surface area (Å²) in [6, 6.07) is 0. The molecule has 12 heavy (non-hydrogen) atoms. The maximum absolute atomic E-state index is 11.4. The highest BCUT2D eigenvalue weighted by Crippen LogP contribution is 2.16. The van der Waals surface area contributed by atoms with Gasteiger partial charge in [0.15, 0.2) is 0 Å². The van der Waals surface area contributed by atoms with E-state index < -0.39 is 18.2 Å². The first-order valence-electron chi connectivity index (χ1n) is 2.94. The van der Waals surface area contributed by atoms with Gasteiger partial charge in [0.05, 0.1) is 0 Å². The molecular formula is C5H6F3NO3. The Labute approximate surface area is 65.7 Å². The standard InChI is InChI=1S/C5H6F3NO3/c1-2-9-4(11)12-3(10)5(6,7)8/h2H2,1H3,(H,9,11). The average Bonchev–Trinajstić information content (AvgIpc) is 1.85. The third-order valence-corrected chi connectivity index (χ3v) is 0.738. The first-order valence-corrected chi connectivity index (χ1v) is 2.94. The molecule has 0 aromatic carbocycles. The molecular weight excluding hydrogens is 179 g/mol. The van der Waals surface area contributed by atoms with E-state index in [-0.39, 0.29) is 6.54 Å². The zero-order valence-corrected chi connectivity index (χ0v) is 6.07. The molecule has 0 bridgehead atoms. The van der Waals surface area contributed by atoms with E-state index in [9.17, 15) is 22.8 Å². The van der Waals surface area contributed by atoms with Crippen LogP contribution < -0.4 is 5.32 Å². The minimum Gasteiger partial charge on any atom is -0.369 e. The molecule has 0 saturated heterocycles. The molecule has 0 aliphatic rings. The van der Waals surface area contributed by atoms with E-state index in [1.165, 1.54) is 6.92 Å². The molecule has 0 rings (SSSR count). The molecule has 0 radical (unpaired) electrons. The first kappa shape index (κ1) is 10.7. The number of alkyl carbamates (subject to hydrolysis) is 1. The van der Waals surface area contributed by atoms with Gasteiger partial charge in [0.1, 0.15) is 0 Å². The van der Waals surface area contributed by atoms with Crippen LogP contribution in [0.5, 0.6) is 0 Å². The van der Waals surface area contributed by atoms with Gasteiger partial charge in [0, 0.05) is 6.54 Å². The predicted octanol–water partition coefficient (Wildman–Crippen LogP) is 0.821. The van der Waals surface area contributed by atoms with Crippen LogP contribution in [0.15, 0.2) is 0 Å². The number of alkyl halides is 3. The lowest BCUT2D eigenvalue weighted by molar-refractivity contribution is -0.192. The molecule has 0 aromatic heterocycles. The van der Waals surface area contributed by atoms with Crippen LogP contribution in [0.4, 0.5) is 18.0 Å². The maximum Gasteiger partial charge on any atom is 0.491 e. The summed E-state index contributed by atoms with van der Waals surface area (Å²) < 4.78 is 37.5. The number of amides is 1. The van der Waals surface area contributed by atoms with Crippen LogP contribution >= 0.6 is 0 Å². The zero-order valence-electron chi connectivity index (χ0n) is 6.07. The second-order valence-electron chi connectivity index (χ2n) is 1.71. The summed E-state index contributed by atoms with van der Waals surface area (Å²) in [5.74, 6) is -2.52. The Morgan fingerprint density at radius 1 is 1.42 bits per heavy atom. The van der Waals surface area contributed by atoms with Crippen LogP contribution in [-0.2, 0) is 9.53 Å². The molecule has 0 atom stereocenters. The van der Waals surface area contributed by atoms with Crippen molar-refractivity contribution in [2.75, 3.05) is 6.54 Å². The van der Waals surface area contributed by atoms with Crippen LogP contribution in [-0.4, -0.2) is 24.8 Å². The van der Waals surface area contributed by atoms with Crippen molar-refractivity contribution < 1.29 is 27.5 Å². The van der Waals surface area contributed by atoms with Crippen molar-refractivity contribution in [2.45, 2.75) is 13.1 Å². The number of carbonyl (C=O) groups excluding carboxylic acids is 2. The number of rotatable bonds is 1. The smallest absolute Gasteiger partial charge is 0.369 e. The number of carbonyl (C=O) groups is 2. The van der Waals surface area contributed by atoms with Crippen LogP contribution in [0.1, 0.15) is 6.92 Å². The monoisotopic (exact) mass is 185 g/mol. The number of nitrogens with one attached hydrogen (secondary N) is 1. The van der Waals surface area contributed by atoms with E-state index in [0.29, 0.717) is 0 Å². The molecule has 0 saturated carbocycles. The van der Waals surface area contributed by atoms with Crippen LogP contribution in [0, 0.1) is 0 Å². The van der Waals surface area contributed by atoms with Crippen molar-refractivity contribution in [3.05, 3.63) is 0 Å². The Bertz CT molecular complexity index is 189. The molecule has 0 aromatic rings. The summed E-state index contributed by atoms with van der Waals surface area (Å²) in [6.45, 7) is 1.56. The molecule has 0 heterocycles. The molecule has 70 valence electrons. The molecule has 0 spiro atoms. The highest BCUT2D eigenvalue weighted by molar-refractivity contribution is 5.87. The highest BCUT2D eigenvalue weighted by Gasteiger charge is 2.42. The summed E-state index contributed by atoms with van der Waals surface area (Å²) in [5.41, 5.74) is 0. The lowest BCUT2D eigenvalue weighted by Crippen LogP contribution is -2.33. The Morgan fingerprint density at radius 3 is 2.25 bits per heavy atom. The summed E-state index contributed by atoms with van der Waals surface area (Å²) in [5, 5.41) is 1.87. The van der Waals surface area contributed by atoms with Crippen LogP contribution in [0.25, 0.3) is 0 Å². The Kier molecular flexibility index (Phi) is 3.52. The van der Waals surface area contributed by atoms with E-state index in [4.69, 9.17) is 0 Å². The SMILES string of the molecule is CCNC(=O)OC(=O)C(F)(F)F. The quantitative estimate of drug-likeness (QED) is 0.486. The zero-order chi connectivity index (χ0) is 9.78. The van der Waals surface area contributed by atoms with Gasteiger partial charge in [-0.05, 0) is 6.92 Å². The third-order valence-electron chi connectivity index (χ3n) is 0.738. The normalized spacial score (nSPS) is 10.7. The van der Waals surface area contributed by atoms with Crippen molar-refractivity contribution in [2.24, 2.45) is 0 Å². The van der Waals surface area contributed by atoms with E-state index in [0.717, 1.165) is 0 Å². The van der Waals surface area contributed by atoms with Gasteiger partial charge in [-0.3, -0.25) is 0 Å². The molecule has 0 unspecified atom stereocenters. The van der Waals surface area contributed by atoms with Gasteiger partial charge in [0.25, 0.3) is 0 Å². The van der Waals surface area contributed by atoms with E-state index >= 15 is 0 Å². The molecule has 0 fully saturated rings. The number of hydrogen-bond acceptors (Lipinski definition) is 3. The summed E-state index contributed by atoms with van der Waals surface area (Å²) >= 11 is 0. The van der Waals surface area contributed by atoms with Gasteiger partial charge >= 0.3 is 18.2 Å². The maximum atomic E-state index is 11.4. The molecule has 0 aliphatic heterocycles. The van der Waals surface area contributed by atoms with Gasteiger partial charge in [0.2, 0.25) is 0 Å². The fraction of sp³-hybridized carbons (Fsp3) is 0.600. The van der Waals surface area contributed by atoms with Crippen molar-refractivity contribution in [1.29, 1.82) is 0 Å². The lowest BCUT2D eigenvalue weighted by atomic mass is 10.7. The first-order chi connectivity index (χ1) is 5.38. The Morgan fingerprint density at radius 2 is 1.92 bits per heavy atom. The van der Waals surface area contributed by atoms with Crippen molar-refractivity contribution in [3.63, 3.8) is 0 Å². The minimum atomic E-state index is -5.13. The van der Waals surface area contributed by atoms with Gasteiger partial charge in [-0.2, -0.15) is 13.2 Å². The predicted molar refractivity (Wildman–Crippen MR) is 31.2 cm³/mol. The summed E-state index contributed by atoms with van der Waals surface area (Å²) in [6.07, 6.45) is -6.54. The summed E-state index contributed by atoms with van der Waals surface area (Å²) in [4.78, 5) is 20.2. The Hall–Kier alpha value is -1.27. The average molecular weight is 185 g/mol. The molecule has 1 N–H and O–H groups in total. The third kappa shape index (κ3) is 3.79. The highest BCUT2D eigenvalue weighted by atomic mass is 19.4. The molecule has 4 nitrogen and oxygen atoms in total. The van der Waals surface area contributed by atoms with Gasteiger partial charge < -0.3 is 10.1 Å². The molecule has 0 aliphatic carbocycles. The van der Waals surface area contributed by atoms with Crippen LogP contribution in [0.3, 0.4) is 0 Å². The van der Waals surface area contributed by atoms with Crippen molar-refractivity contribution >= 4 is 12.1 Å². The van der Waals surface area contributed by atoms with Gasteiger partial charge in [-0.25, -0.2) is 9.59 Å². The van der Waals surface area contributed by atoms with Crippen molar-refractivity contribution in [3.8, 4) is 0 Å². The fourth-order valence-corrected chi connectivity index (χ4v) is 0.322. The number of ether oxygens (including phenoxy) is 1. The second-order valence-corrected chi connectivity index (χ2v) is 1.71. The number of esters is 1. The second kappa shape index (κ2) is 3.93. The number of hydrogen-bond donors (Lipinski definition) is 1. The van der Waals surface area contributed by atoms with Crippen molar-refractivity contribution in [1.82, 2.24) is 5.32 Å². The van der Waals surface area contributed by atoms with Crippen LogP contribution in [0.2, 0.25) is 0 Å². The molecule has 1 amide bonds. The van der Waals surface area contributed by atoms with Gasteiger partial charge in [-0.1, -0.05) is 0 Å². The minimum absolute atomic E-state index is 0.0873. The number of halogens is 3. The lowest BCUT2D eigenvalue weighted by Gasteiger charge is -2.04. The topological polar surface area (TPSA) is 55.4 Å². The van der Waals surface area contributed by atoms with E-state index in [1.807, 2.05) is 5.32 Å².